The summed E-state index contributed by atoms with van der Waals surface area (Å²) in [5.41, 5.74) is 3.87. The van der Waals surface area contributed by atoms with Crippen LogP contribution in [0.5, 0.6) is 0 Å². The summed E-state index contributed by atoms with van der Waals surface area (Å²) in [5.74, 6) is -1.15. The Morgan fingerprint density at radius 1 is 1.10 bits per heavy atom. The maximum absolute atomic E-state index is 12.5. The van der Waals surface area contributed by atoms with Crippen molar-refractivity contribution in [3.05, 3.63) is 76.5 Å². The van der Waals surface area contributed by atoms with E-state index in [0.29, 0.717) is 11.3 Å². The molecule has 7 nitrogen and oxygen atoms in total. The number of carbonyl (C=O) groups excluding carboxylic acids is 3. The normalized spacial score (nSPS) is 10.7. The fourth-order valence-electron chi connectivity index (χ4n) is 3.34. The molecule has 0 radical (unpaired) electrons. The minimum absolute atomic E-state index is 0.164. The highest BCUT2D eigenvalue weighted by atomic mass is 16.5. The molecule has 0 unspecified atom stereocenters. The van der Waals surface area contributed by atoms with E-state index in [9.17, 15) is 14.4 Å². The van der Waals surface area contributed by atoms with Gasteiger partial charge in [0.2, 0.25) is 5.78 Å². The molecule has 2 aromatic heterocycles. The number of aryl methyl sites for hydroxylation is 2. The van der Waals surface area contributed by atoms with Gasteiger partial charge in [-0.3, -0.25) is 9.59 Å². The molecule has 0 spiro atoms. The van der Waals surface area contributed by atoms with Gasteiger partial charge >= 0.3 is 5.97 Å². The van der Waals surface area contributed by atoms with Crippen LogP contribution in [0.1, 0.15) is 55.1 Å². The SMILES string of the molecule is CCn1c(C)cc(C(=O)COC(=O)c2ccc(C)c(NC(=O)c3ccco3)c2)c1C. The Labute approximate surface area is 174 Å². The monoisotopic (exact) mass is 408 g/mol. The summed E-state index contributed by atoms with van der Waals surface area (Å²) in [6.07, 6.45) is 1.41. The summed E-state index contributed by atoms with van der Waals surface area (Å²) < 4.78 is 12.3. The van der Waals surface area contributed by atoms with Crippen molar-refractivity contribution in [1.82, 2.24) is 4.57 Å². The number of hydrogen-bond acceptors (Lipinski definition) is 5. The third kappa shape index (κ3) is 4.35. The van der Waals surface area contributed by atoms with Crippen molar-refractivity contribution in [1.29, 1.82) is 0 Å². The van der Waals surface area contributed by atoms with E-state index in [-0.39, 0.29) is 23.7 Å². The largest absolute Gasteiger partial charge is 0.459 e. The number of nitrogens with zero attached hydrogens (tertiary/aromatic N) is 1. The number of benzene rings is 1. The zero-order valence-electron chi connectivity index (χ0n) is 17.4. The van der Waals surface area contributed by atoms with E-state index < -0.39 is 11.9 Å². The highest BCUT2D eigenvalue weighted by Crippen LogP contribution is 2.20. The van der Waals surface area contributed by atoms with Crippen LogP contribution < -0.4 is 5.32 Å². The van der Waals surface area contributed by atoms with Crippen molar-refractivity contribution in [2.24, 2.45) is 0 Å². The molecule has 2 heterocycles. The molecule has 30 heavy (non-hydrogen) atoms. The van der Waals surface area contributed by atoms with E-state index in [1.54, 1.807) is 31.2 Å². The molecule has 156 valence electrons. The van der Waals surface area contributed by atoms with Crippen LogP contribution in [0.15, 0.2) is 47.1 Å². The van der Waals surface area contributed by atoms with Gasteiger partial charge < -0.3 is 19.0 Å². The lowest BCUT2D eigenvalue weighted by Gasteiger charge is -2.10. The van der Waals surface area contributed by atoms with E-state index in [4.69, 9.17) is 9.15 Å². The van der Waals surface area contributed by atoms with Gasteiger partial charge in [0.25, 0.3) is 5.91 Å². The first-order chi connectivity index (χ1) is 14.3. The number of carbonyl (C=O) groups is 3. The Morgan fingerprint density at radius 2 is 1.87 bits per heavy atom. The number of anilines is 1. The second-order valence-electron chi connectivity index (χ2n) is 6.99. The molecule has 3 rings (SSSR count). The quantitative estimate of drug-likeness (QED) is 0.464. The van der Waals surface area contributed by atoms with E-state index in [1.807, 2.05) is 31.4 Å². The average molecular weight is 408 g/mol. The molecule has 0 saturated carbocycles. The third-order valence-corrected chi connectivity index (χ3v) is 4.99. The number of nitrogens with one attached hydrogen (secondary N) is 1. The molecule has 1 N–H and O–H groups in total. The molecular formula is C23H24N2O5. The van der Waals surface area contributed by atoms with Crippen LogP contribution in [0.2, 0.25) is 0 Å². The van der Waals surface area contributed by atoms with Crippen LogP contribution in [0.25, 0.3) is 0 Å². The molecule has 0 bridgehead atoms. The maximum atomic E-state index is 12.5. The van der Waals surface area contributed by atoms with Crippen LogP contribution in [0, 0.1) is 20.8 Å². The second-order valence-corrected chi connectivity index (χ2v) is 6.99. The number of hydrogen-bond donors (Lipinski definition) is 1. The van der Waals surface area contributed by atoms with Crippen molar-refractivity contribution in [3.8, 4) is 0 Å². The van der Waals surface area contributed by atoms with Crippen LogP contribution in [0.3, 0.4) is 0 Å². The summed E-state index contributed by atoms with van der Waals surface area (Å²) in [5, 5.41) is 2.71. The van der Waals surface area contributed by atoms with Gasteiger partial charge in [-0.2, -0.15) is 0 Å². The minimum atomic E-state index is -0.638. The van der Waals surface area contributed by atoms with Gasteiger partial charge in [-0.05, 0) is 63.6 Å². The number of ketones is 1. The van der Waals surface area contributed by atoms with Crippen molar-refractivity contribution >= 4 is 23.3 Å². The van der Waals surface area contributed by atoms with Crippen LogP contribution in [-0.4, -0.2) is 28.8 Å². The maximum Gasteiger partial charge on any atom is 0.338 e. The van der Waals surface area contributed by atoms with E-state index in [2.05, 4.69) is 5.32 Å². The van der Waals surface area contributed by atoms with Crippen molar-refractivity contribution in [2.45, 2.75) is 34.2 Å². The Morgan fingerprint density at radius 3 is 2.50 bits per heavy atom. The van der Waals surface area contributed by atoms with Gasteiger partial charge in [0.15, 0.2) is 12.4 Å². The molecule has 3 aromatic rings. The van der Waals surface area contributed by atoms with Gasteiger partial charge in [0.1, 0.15) is 0 Å². The molecule has 7 heteroatoms. The third-order valence-electron chi connectivity index (χ3n) is 4.99. The second kappa shape index (κ2) is 8.82. The summed E-state index contributed by atoms with van der Waals surface area (Å²) in [6.45, 7) is 8.03. The first-order valence-corrected chi connectivity index (χ1v) is 9.64. The van der Waals surface area contributed by atoms with Gasteiger partial charge in [-0.25, -0.2) is 4.79 Å². The number of ether oxygens (including phenoxy) is 1. The number of aromatic nitrogens is 1. The van der Waals surface area contributed by atoms with Crippen molar-refractivity contribution < 1.29 is 23.5 Å². The molecule has 0 aliphatic rings. The molecule has 0 aliphatic heterocycles. The number of rotatable bonds is 7. The molecule has 1 aromatic carbocycles. The Kier molecular flexibility index (Phi) is 6.20. The number of furan rings is 1. The lowest BCUT2D eigenvalue weighted by atomic mass is 10.1. The van der Waals surface area contributed by atoms with E-state index in [1.165, 1.54) is 12.3 Å². The first-order valence-electron chi connectivity index (χ1n) is 9.64. The summed E-state index contributed by atoms with van der Waals surface area (Å²) >= 11 is 0. The number of Topliss-reactive ketones (excluding diaryl/α,β-unsaturated/α-hetero) is 1. The summed E-state index contributed by atoms with van der Waals surface area (Å²) in [7, 11) is 0. The van der Waals surface area contributed by atoms with Crippen molar-refractivity contribution in [3.63, 3.8) is 0 Å². The lowest BCUT2D eigenvalue weighted by molar-refractivity contribution is 0.0474. The molecule has 0 fully saturated rings. The highest BCUT2D eigenvalue weighted by molar-refractivity contribution is 6.04. The fraction of sp³-hybridized carbons (Fsp3) is 0.261. The summed E-state index contributed by atoms with van der Waals surface area (Å²) in [4.78, 5) is 37.2. The Balaban J connectivity index is 1.68. The zero-order chi connectivity index (χ0) is 21.8. The zero-order valence-corrected chi connectivity index (χ0v) is 17.4. The van der Waals surface area contributed by atoms with Crippen LogP contribution in [-0.2, 0) is 11.3 Å². The van der Waals surface area contributed by atoms with Crippen molar-refractivity contribution in [2.75, 3.05) is 11.9 Å². The van der Waals surface area contributed by atoms with Gasteiger partial charge in [0.05, 0.1) is 11.8 Å². The Bertz CT molecular complexity index is 1090. The molecule has 0 aliphatic carbocycles. The number of esters is 1. The smallest absolute Gasteiger partial charge is 0.338 e. The van der Waals surface area contributed by atoms with Gasteiger partial charge in [-0.1, -0.05) is 6.07 Å². The standard InChI is InChI=1S/C23H24N2O5/c1-5-25-15(3)11-18(16(25)4)20(26)13-30-23(28)17-9-8-14(2)19(12-17)24-22(27)21-7-6-10-29-21/h6-12H,5,13H2,1-4H3,(H,24,27). The van der Waals surface area contributed by atoms with Crippen LogP contribution >= 0.6 is 0 Å². The predicted octanol–water partition coefficient (Wildman–Crippen LogP) is 4.32. The highest BCUT2D eigenvalue weighted by Gasteiger charge is 2.18. The van der Waals surface area contributed by atoms with Gasteiger partial charge in [-0.15, -0.1) is 0 Å². The lowest BCUT2D eigenvalue weighted by Crippen LogP contribution is -2.16. The molecule has 0 atom stereocenters. The molecule has 0 saturated heterocycles. The minimum Gasteiger partial charge on any atom is -0.459 e. The predicted molar refractivity (Wildman–Crippen MR) is 112 cm³/mol. The average Bonchev–Trinajstić information content (AvgIpc) is 3.35. The van der Waals surface area contributed by atoms with Crippen LogP contribution in [0.4, 0.5) is 5.69 Å². The van der Waals surface area contributed by atoms with Gasteiger partial charge in [0, 0.05) is 29.2 Å². The topological polar surface area (TPSA) is 90.5 Å². The van der Waals surface area contributed by atoms with E-state index in [0.717, 1.165) is 23.5 Å². The van der Waals surface area contributed by atoms with E-state index >= 15 is 0 Å². The fourth-order valence-corrected chi connectivity index (χ4v) is 3.34. The molecular weight excluding hydrogens is 384 g/mol. The number of amides is 1. The summed E-state index contributed by atoms with van der Waals surface area (Å²) in [6, 6.07) is 9.78. The molecule has 1 amide bonds. The Hall–Kier alpha value is -3.61. The first kappa shape index (κ1) is 21.1.